The van der Waals surface area contributed by atoms with Gasteiger partial charge < -0.3 is 10.6 Å². The van der Waals surface area contributed by atoms with Crippen LogP contribution in [0.4, 0.5) is 0 Å². The summed E-state index contributed by atoms with van der Waals surface area (Å²) >= 11 is 1.70. The van der Waals surface area contributed by atoms with Crippen LogP contribution in [0.1, 0.15) is 44.7 Å². The van der Waals surface area contributed by atoms with Crippen molar-refractivity contribution in [2.45, 2.75) is 39.2 Å². The highest BCUT2D eigenvalue weighted by Crippen LogP contribution is 2.36. The third-order valence-corrected chi connectivity index (χ3v) is 4.89. The molecule has 1 saturated heterocycles. The minimum Gasteiger partial charge on any atom is -0.335 e. The lowest BCUT2D eigenvalue weighted by atomic mass is 9.85. The van der Waals surface area contributed by atoms with Crippen LogP contribution < -0.4 is 5.73 Å². The number of rotatable bonds is 4. The van der Waals surface area contributed by atoms with E-state index in [0.29, 0.717) is 6.54 Å². The lowest BCUT2D eigenvalue weighted by Gasteiger charge is -2.34. The largest absolute Gasteiger partial charge is 0.335 e. The molecule has 0 aliphatic carbocycles. The summed E-state index contributed by atoms with van der Waals surface area (Å²) in [5, 5.41) is 4.24. The van der Waals surface area contributed by atoms with E-state index >= 15 is 0 Å². The van der Waals surface area contributed by atoms with Gasteiger partial charge in [0.2, 0.25) is 5.91 Å². The first kappa shape index (κ1) is 13.6. The van der Waals surface area contributed by atoms with Gasteiger partial charge in [-0.25, -0.2) is 0 Å². The molecule has 0 aromatic carbocycles. The van der Waals surface area contributed by atoms with E-state index in [1.54, 1.807) is 11.3 Å². The lowest BCUT2D eigenvalue weighted by molar-refractivity contribution is -0.142. The Bertz CT molecular complexity index is 398. The molecule has 2 heterocycles. The second kappa shape index (κ2) is 5.41. The first-order valence-corrected chi connectivity index (χ1v) is 7.60. The average molecular weight is 266 g/mol. The van der Waals surface area contributed by atoms with Gasteiger partial charge in [0.05, 0.1) is 11.5 Å². The molecule has 0 saturated carbocycles. The maximum atomic E-state index is 12.7. The fourth-order valence-electron chi connectivity index (χ4n) is 2.55. The van der Waals surface area contributed by atoms with E-state index in [-0.39, 0.29) is 11.9 Å². The topological polar surface area (TPSA) is 46.3 Å². The quantitative estimate of drug-likeness (QED) is 0.911. The van der Waals surface area contributed by atoms with Crippen molar-refractivity contribution in [2.24, 2.45) is 11.1 Å². The molecule has 3 nitrogen and oxygen atoms in total. The number of carbonyl (C=O) groups excluding carboxylic acids is 1. The van der Waals surface area contributed by atoms with Gasteiger partial charge >= 0.3 is 0 Å². The second-order valence-electron chi connectivity index (χ2n) is 5.33. The SMILES string of the molecule is CCC(C)(CN)C(=O)N1CCCC1c1ccsc1. The van der Waals surface area contributed by atoms with Crippen LogP contribution in [0.15, 0.2) is 16.8 Å². The summed E-state index contributed by atoms with van der Waals surface area (Å²) in [6.45, 7) is 5.32. The first-order valence-electron chi connectivity index (χ1n) is 6.65. The van der Waals surface area contributed by atoms with Gasteiger partial charge in [0.25, 0.3) is 0 Å². The van der Waals surface area contributed by atoms with E-state index in [1.165, 1.54) is 5.56 Å². The monoisotopic (exact) mass is 266 g/mol. The number of nitrogens with two attached hydrogens (primary N) is 1. The number of hydrogen-bond acceptors (Lipinski definition) is 3. The highest BCUT2D eigenvalue weighted by Gasteiger charge is 2.39. The molecule has 2 rings (SSSR count). The molecule has 18 heavy (non-hydrogen) atoms. The molecule has 0 bridgehead atoms. The van der Waals surface area contributed by atoms with Crippen LogP contribution in [0.25, 0.3) is 0 Å². The fraction of sp³-hybridized carbons (Fsp3) is 0.643. The summed E-state index contributed by atoms with van der Waals surface area (Å²) in [6, 6.07) is 2.40. The Morgan fingerprint density at radius 3 is 3.00 bits per heavy atom. The zero-order chi connectivity index (χ0) is 13.2. The standard InChI is InChI=1S/C14H22N2OS/c1-3-14(2,10-15)13(17)16-7-4-5-12(16)11-6-8-18-9-11/h6,8-9,12H,3-5,7,10,15H2,1-2H3. The average Bonchev–Trinajstić information content (AvgIpc) is 3.06. The van der Waals surface area contributed by atoms with Crippen molar-refractivity contribution in [3.8, 4) is 0 Å². The number of nitrogens with zero attached hydrogens (tertiary/aromatic N) is 1. The molecule has 1 fully saturated rings. The zero-order valence-electron chi connectivity index (χ0n) is 11.2. The van der Waals surface area contributed by atoms with Crippen molar-refractivity contribution in [3.63, 3.8) is 0 Å². The number of hydrogen-bond donors (Lipinski definition) is 1. The minimum absolute atomic E-state index is 0.223. The van der Waals surface area contributed by atoms with Gasteiger partial charge in [-0.05, 0) is 48.6 Å². The summed E-state index contributed by atoms with van der Waals surface area (Å²) in [7, 11) is 0. The van der Waals surface area contributed by atoms with Crippen molar-refractivity contribution >= 4 is 17.2 Å². The van der Waals surface area contributed by atoms with Crippen LogP contribution in [0, 0.1) is 5.41 Å². The molecule has 1 aliphatic rings. The smallest absolute Gasteiger partial charge is 0.230 e. The Kier molecular flexibility index (Phi) is 4.07. The summed E-state index contributed by atoms with van der Waals surface area (Å²) in [6.07, 6.45) is 2.97. The third kappa shape index (κ3) is 2.31. The van der Waals surface area contributed by atoms with Crippen LogP contribution in [0.5, 0.6) is 0 Å². The Labute approximate surface area is 113 Å². The highest BCUT2D eigenvalue weighted by atomic mass is 32.1. The van der Waals surface area contributed by atoms with Crippen molar-refractivity contribution in [1.29, 1.82) is 0 Å². The van der Waals surface area contributed by atoms with Crippen molar-refractivity contribution in [2.75, 3.05) is 13.1 Å². The number of amides is 1. The predicted octanol–water partition coefficient (Wildman–Crippen LogP) is 2.79. The van der Waals surface area contributed by atoms with Gasteiger partial charge in [0.15, 0.2) is 0 Å². The molecule has 1 aromatic rings. The zero-order valence-corrected chi connectivity index (χ0v) is 12.0. The first-order chi connectivity index (χ1) is 8.62. The van der Waals surface area contributed by atoms with E-state index < -0.39 is 5.41 Å². The molecule has 1 aliphatic heterocycles. The maximum absolute atomic E-state index is 12.7. The normalized spacial score (nSPS) is 23.1. The number of likely N-dealkylation sites (tertiary alicyclic amines) is 1. The van der Waals surface area contributed by atoms with Crippen LogP contribution in [0.2, 0.25) is 0 Å². The lowest BCUT2D eigenvalue weighted by Crippen LogP contribution is -2.45. The molecule has 2 unspecified atom stereocenters. The predicted molar refractivity (Wildman–Crippen MR) is 75.5 cm³/mol. The fourth-order valence-corrected chi connectivity index (χ4v) is 3.26. The van der Waals surface area contributed by atoms with E-state index in [9.17, 15) is 4.79 Å². The van der Waals surface area contributed by atoms with E-state index in [4.69, 9.17) is 5.73 Å². The molecular weight excluding hydrogens is 244 g/mol. The summed E-state index contributed by atoms with van der Waals surface area (Å²) in [4.78, 5) is 14.7. The van der Waals surface area contributed by atoms with Gasteiger partial charge in [-0.2, -0.15) is 11.3 Å². The Morgan fingerprint density at radius 2 is 2.44 bits per heavy atom. The molecule has 2 atom stereocenters. The Balaban J connectivity index is 2.19. The van der Waals surface area contributed by atoms with Gasteiger partial charge in [-0.3, -0.25) is 4.79 Å². The third-order valence-electron chi connectivity index (χ3n) is 4.19. The van der Waals surface area contributed by atoms with Gasteiger partial charge in [-0.1, -0.05) is 6.92 Å². The summed E-state index contributed by atoms with van der Waals surface area (Å²) < 4.78 is 0. The summed E-state index contributed by atoms with van der Waals surface area (Å²) in [5.74, 6) is 0.223. The minimum atomic E-state index is -0.404. The van der Waals surface area contributed by atoms with E-state index in [1.807, 2.05) is 18.7 Å². The molecule has 1 amide bonds. The van der Waals surface area contributed by atoms with Crippen LogP contribution >= 0.6 is 11.3 Å². The number of thiophene rings is 1. The van der Waals surface area contributed by atoms with Crippen molar-refractivity contribution in [3.05, 3.63) is 22.4 Å². The van der Waals surface area contributed by atoms with Crippen LogP contribution in [-0.4, -0.2) is 23.9 Å². The van der Waals surface area contributed by atoms with E-state index in [0.717, 1.165) is 25.8 Å². The van der Waals surface area contributed by atoms with Crippen molar-refractivity contribution in [1.82, 2.24) is 4.90 Å². The van der Waals surface area contributed by atoms with Gasteiger partial charge in [0, 0.05) is 13.1 Å². The second-order valence-corrected chi connectivity index (χ2v) is 6.11. The van der Waals surface area contributed by atoms with E-state index in [2.05, 4.69) is 16.8 Å². The highest BCUT2D eigenvalue weighted by molar-refractivity contribution is 7.07. The van der Waals surface area contributed by atoms with Crippen LogP contribution in [-0.2, 0) is 4.79 Å². The number of carbonyl (C=O) groups is 1. The summed E-state index contributed by atoms with van der Waals surface area (Å²) in [5.41, 5.74) is 6.68. The molecule has 4 heteroatoms. The molecule has 2 N–H and O–H groups in total. The van der Waals surface area contributed by atoms with Gasteiger partial charge in [-0.15, -0.1) is 0 Å². The Hall–Kier alpha value is -0.870. The van der Waals surface area contributed by atoms with Crippen LogP contribution in [0.3, 0.4) is 0 Å². The molecule has 1 aromatic heterocycles. The maximum Gasteiger partial charge on any atom is 0.230 e. The molecule has 100 valence electrons. The molecular formula is C14H22N2OS. The Morgan fingerprint density at radius 1 is 1.67 bits per heavy atom. The molecule has 0 radical (unpaired) electrons. The van der Waals surface area contributed by atoms with Crippen molar-refractivity contribution < 1.29 is 4.79 Å². The molecule has 0 spiro atoms. The van der Waals surface area contributed by atoms with Gasteiger partial charge in [0.1, 0.15) is 0 Å².